The topological polar surface area (TPSA) is 81.9 Å². The lowest BCUT2D eigenvalue weighted by atomic mass is 9.94. The molecule has 1 fully saturated rings. The van der Waals surface area contributed by atoms with E-state index in [2.05, 4.69) is 20.4 Å². The first-order valence-electron chi connectivity index (χ1n) is 8.00. The summed E-state index contributed by atoms with van der Waals surface area (Å²) in [7, 11) is 1.62. The molecule has 1 amide bonds. The predicted octanol–water partition coefficient (Wildman–Crippen LogP) is 2.34. The number of hydrogen-bond acceptors (Lipinski definition) is 5. The number of nitrogens with zero attached hydrogens (tertiary/aromatic N) is 4. The van der Waals surface area contributed by atoms with E-state index >= 15 is 0 Å². The van der Waals surface area contributed by atoms with Crippen molar-refractivity contribution in [1.82, 2.24) is 19.7 Å². The predicted molar refractivity (Wildman–Crippen MR) is 91.7 cm³/mol. The first kappa shape index (κ1) is 15.3. The number of anilines is 1. The standard InChI is InChI=1S/C18H17N5O2/c1-25-15-6-3-2-5-14(15)18(7-8-18)16(24)22-13-11-19-17(20-12-13)23-10-4-9-21-23/h2-6,9-12H,7-8H2,1H3,(H,22,24). The molecule has 0 aliphatic heterocycles. The van der Waals surface area contributed by atoms with Crippen molar-refractivity contribution in [3.63, 3.8) is 0 Å². The van der Waals surface area contributed by atoms with Crippen LogP contribution in [0.3, 0.4) is 0 Å². The molecule has 126 valence electrons. The number of nitrogens with one attached hydrogen (secondary N) is 1. The van der Waals surface area contributed by atoms with Crippen LogP contribution in [0.5, 0.6) is 5.75 Å². The summed E-state index contributed by atoms with van der Waals surface area (Å²) in [6.07, 6.45) is 8.18. The molecule has 1 saturated carbocycles. The lowest BCUT2D eigenvalue weighted by molar-refractivity contribution is -0.118. The molecule has 1 aromatic carbocycles. The van der Waals surface area contributed by atoms with Crippen molar-refractivity contribution in [2.45, 2.75) is 18.3 Å². The van der Waals surface area contributed by atoms with Gasteiger partial charge in [-0.25, -0.2) is 14.6 Å². The van der Waals surface area contributed by atoms with Crippen LogP contribution in [-0.2, 0) is 10.2 Å². The zero-order valence-electron chi connectivity index (χ0n) is 13.7. The minimum atomic E-state index is -0.534. The van der Waals surface area contributed by atoms with E-state index in [0.717, 1.165) is 24.2 Å². The number of benzene rings is 1. The molecule has 1 N–H and O–H groups in total. The molecule has 25 heavy (non-hydrogen) atoms. The molecule has 7 heteroatoms. The second kappa shape index (κ2) is 6.01. The number of carbonyl (C=O) groups is 1. The molecular weight excluding hydrogens is 318 g/mol. The zero-order chi connectivity index (χ0) is 17.3. The van der Waals surface area contributed by atoms with Gasteiger partial charge in [-0.1, -0.05) is 18.2 Å². The van der Waals surface area contributed by atoms with Gasteiger partial charge in [-0.05, 0) is 25.0 Å². The highest BCUT2D eigenvalue weighted by molar-refractivity contribution is 6.01. The van der Waals surface area contributed by atoms with Gasteiger partial charge in [-0.15, -0.1) is 0 Å². The SMILES string of the molecule is COc1ccccc1C1(C(=O)Nc2cnc(-n3cccn3)nc2)CC1. The van der Waals surface area contributed by atoms with E-state index in [1.165, 1.54) is 0 Å². The number of hydrogen-bond donors (Lipinski definition) is 1. The summed E-state index contributed by atoms with van der Waals surface area (Å²) < 4.78 is 6.97. The molecular formula is C18H17N5O2. The number of para-hydroxylation sites is 1. The highest BCUT2D eigenvalue weighted by Crippen LogP contribution is 2.51. The Balaban J connectivity index is 1.54. The van der Waals surface area contributed by atoms with Crippen LogP contribution in [0.4, 0.5) is 5.69 Å². The molecule has 1 aliphatic carbocycles. The van der Waals surface area contributed by atoms with Crippen molar-refractivity contribution in [3.8, 4) is 11.7 Å². The Morgan fingerprint density at radius 1 is 1.20 bits per heavy atom. The van der Waals surface area contributed by atoms with Crippen molar-refractivity contribution in [2.75, 3.05) is 12.4 Å². The molecule has 2 aromatic heterocycles. The molecule has 3 aromatic rings. The summed E-state index contributed by atoms with van der Waals surface area (Å²) in [4.78, 5) is 21.3. The van der Waals surface area contributed by atoms with Crippen molar-refractivity contribution >= 4 is 11.6 Å². The number of rotatable bonds is 5. The Bertz CT molecular complexity index is 886. The Morgan fingerprint density at radius 2 is 1.96 bits per heavy atom. The van der Waals surface area contributed by atoms with Crippen molar-refractivity contribution in [2.24, 2.45) is 0 Å². The van der Waals surface area contributed by atoms with Crippen LogP contribution in [0, 0.1) is 0 Å². The van der Waals surface area contributed by atoms with Crippen LogP contribution in [-0.4, -0.2) is 32.8 Å². The maximum absolute atomic E-state index is 12.8. The van der Waals surface area contributed by atoms with E-state index in [1.54, 1.807) is 42.6 Å². The third-order valence-electron chi connectivity index (χ3n) is 4.41. The second-order valence-electron chi connectivity index (χ2n) is 5.96. The maximum atomic E-state index is 12.8. The number of aromatic nitrogens is 4. The summed E-state index contributed by atoms with van der Waals surface area (Å²) in [6, 6.07) is 9.45. The number of amides is 1. The van der Waals surface area contributed by atoms with Crippen LogP contribution in [0.1, 0.15) is 18.4 Å². The minimum absolute atomic E-state index is 0.0626. The molecule has 0 atom stereocenters. The van der Waals surface area contributed by atoms with Gasteiger partial charge in [-0.2, -0.15) is 5.10 Å². The Hall–Kier alpha value is -3.22. The van der Waals surface area contributed by atoms with Crippen molar-refractivity contribution in [3.05, 3.63) is 60.7 Å². The van der Waals surface area contributed by atoms with E-state index in [-0.39, 0.29) is 5.91 Å². The average Bonchev–Trinajstić information content (AvgIpc) is 3.29. The summed E-state index contributed by atoms with van der Waals surface area (Å²) in [5, 5.41) is 6.99. The maximum Gasteiger partial charge on any atom is 0.250 e. The average molecular weight is 335 g/mol. The molecule has 0 bridgehead atoms. The highest BCUT2D eigenvalue weighted by Gasteiger charge is 2.52. The van der Waals surface area contributed by atoms with Gasteiger partial charge in [0.1, 0.15) is 5.75 Å². The highest BCUT2D eigenvalue weighted by atomic mass is 16.5. The minimum Gasteiger partial charge on any atom is -0.496 e. The van der Waals surface area contributed by atoms with Crippen LogP contribution >= 0.6 is 0 Å². The Kier molecular flexibility index (Phi) is 3.68. The van der Waals surface area contributed by atoms with Crippen LogP contribution < -0.4 is 10.1 Å². The summed E-state index contributed by atoms with van der Waals surface area (Å²) in [6.45, 7) is 0. The molecule has 1 aliphatic rings. The van der Waals surface area contributed by atoms with Gasteiger partial charge in [0.2, 0.25) is 5.91 Å². The monoisotopic (exact) mass is 335 g/mol. The number of ether oxygens (including phenoxy) is 1. The third-order valence-corrected chi connectivity index (χ3v) is 4.41. The van der Waals surface area contributed by atoms with Crippen LogP contribution in [0.25, 0.3) is 5.95 Å². The van der Waals surface area contributed by atoms with Gasteiger partial charge in [0.15, 0.2) is 0 Å². The van der Waals surface area contributed by atoms with E-state index in [0.29, 0.717) is 11.6 Å². The molecule has 0 unspecified atom stereocenters. The summed E-state index contributed by atoms with van der Waals surface area (Å²) >= 11 is 0. The summed E-state index contributed by atoms with van der Waals surface area (Å²) in [5.41, 5.74) is 0.943. The van der Waals surface area contributed by atoms with Gasteiger partial charge in [0.05, 0.1) is 30.6 Å². The van der Waals surface area contributed by atoms with Gasteiger partial charge in [-0.3, -0.25) is 4.79 Å². The largest absolute Gasteiger partial charge is 0.496 e. The fourth-order valence-corrected chi connectivity index (χ4v) is 2.93. The molecule has 0 spiro atoms. The van der Waals surface area contributed by atoms with Crippen molar-refractivity contribution < 1.29 is 9.53 Å². The van der Waals surface area contributed by atoms with E-state index < -0.39 is 5.41 Å². The smallest absolute Gasteiger partial charge is 0.250 e. The lowest BCUT2D eigenvalue weighted by Gasteiger charge is -2.18. The molecule has 4 rings (SSSR count). The Labute approximate surface area is 144 Å². The number of carbonyl (C=O) groups excluding carboxylic acids is 1. The van der Waals surface area contributed by atoms with E-state index in [9.17, 15) is 4.79 Å². The summed E-state index contributed by atoms with van der Waals surface area (Å²) in [5.74, 6) is 1.13. The van der Waals surface area contributed by atoms with E-state index in [1.807, 2.05) is 24.3 Å². The molecule has 7 nitrogen and oxygen atoms in total. The van der Waals surface area contributed by atoms with Gasteiger partial charge in [0.25, 0.3) is 5.95 Å². The number of methoxy groups -OCH3 is 1. The van der Waals surface area contributed by atoms with E-state index in [4.69, 9.17) is 4.74 Å². The fraction of sp³-hybridized carbons (Fsp3) is 0.222. The first-order valence-corrected chi connectivity index (χ1v) is 8.00. The van der Waals surface area contributed by atoms with Gasteiger partial charge in [0, 0.05) is 18.0 Å². The second-order valence-corrected chi connectivity index (χ2v) is 5.96. The Morgan fingerprint density at radius 3 is 2.60 bits per heavy atom. The normalized spacial score (nSPS) is 14.8. The van der Waals surface area contributed by atoms with Crippen molar-refractivity contribution in [1.29, 1.82) is 0 Å². The zero-order valence-corrected chi connectivity index (χ0v) is 13.7. The molecule has 0 radical (unpaired) electrons. The molecule has 2 heterocycles. The van der Waals surface area contributed by atoms with Crippen LogP contribution in [0.2, 0.25) is 0 Å². The van der Waals surface area contributed by atoms with Gasteiger partial charge < -0.3 is 10.1 Å². The fourth-order valence-electron chi connectivity index (χ4n) is 2.93. The van der Waals surface area contributed by atoms with Gasteiger partial charge >= 0.3 is 0 Å². The molecule has 0 saturated heterocycles. The first-order chi connectivity index (χ1) is 12.2. The third kappa shape index (κ3) is 2.73. The lowest BCUT2D eigenvalue weighted by Crippen LogP contribution is -2.28. The van der Waals surface area contributed by atoms with Crippen LogP contribution in [0.15, 0.2) is 55.1 Å². The quantitative estimate of drug-likeness (QED) is 0.774.